The van der Waals surface area contributed by atoms with E-state index in [1.165, 1.54) is 12.1 Å². The van der Waals surface area contributed by atoms with E-state index in [1.54, 1.807) is 42.9 Å². The summed E-state index contributed by atoms with van der Waals surface area (Å²) in [7, 11) is -4.10. The number of nitrogens with one attached hydrogen (secondary N) is 2. The topological polar surface area (TPSA) is 112 Å². The molecule has 44 heavy (non-hydrogen) atoms. The van der Waals surface area contributed by atoms with Gasteiger partial charge in [0.2, 0.25) is 0 Å². The summed E-state index contributed by atoms with van der Waals surface area (Å²) in [4.78, 5) is 31.4. The summed E-state index contributed by atoms with van der Waals surface area (Å²) in [6.07, 6.45) is 8.21. The number of sulfonamides is 1. The summed E-state index contributed by atoms with van der Waals surface area (Å²) in [6, 6.07) is 17.0. The highest BCUT2D eigenvalue weighted by Crippen LogP contribution is 2.48. The molecule has 0 aromatic heterocycles. The van der Waals surface area contributed by atoms with Crippen molar-refractivity contribution in [1.29, 1.82) is 0 Å². The molecule has 0 spiro atoms. The monoisotopic (exact) mass is 676 g/mol. The zero-order chi connectivity index (χ0) is 31.0. The second-order valence-corrected chi connectivity index (χ2v) is 13.4. The summed E-state index contributed by atoms with van der Waals surface area (Å²) in [6.45, 7) is 4.91. The number of nitrogens with zero attached hydrogens (tertiary/aromatic N) is 2. The number of hydrogen-bond donors (Lipinski definition) is 2. The largest absolute Gasteiger partial charge is 0.472 e. The number of amides is 2. The maximum absolute atomic E-state index is 13.6. The molecule has 2 amide bonds. The van der Waals surface area contributed by atoms with E-state index in [-0.39, 0.29) is 22.5 Å². The number of rotatable bonds is 10. The predicted molar refractivity (Wildman–Crippen MR) is 171 cm³/mol. The normalized spacial score (nSPS) is 16.7. The number of carbonyl (C=O) groups is 2. The fourth-order valence-corrected chi connectivity index (χ4v) is 7.71. The fraction of sp³-hybridized carbons (Fsp3) is 0.273. The maximum Gasteiger partial charge on any atom is 0.269 e. The Morgan fingerprint density at radius 1 is 0.955 bits per heavy atom. The van der Waals surface area contributed by atoms with Crippen molar-refractivity contribution in [3.8, 4) is 22.3 Å². The van der Waals surface area contributed by atoms with Gasteiger partial charge in [-0.15, -0.1) is 0 Å². The number of carbonyl (C=O) groups excluding carboxylic acids is 2. The van der Waals surface area contributed by atoms with E-state index in [9.17, 15) is 18.0 Å². The van der Waals surface area contributed by atoms with Gasteiger partial charge in [-0.3, -0.25) is 9.59 Å². The Labute approximate surface area is 265 Å². The molecule has 2 aromatic carbocycles. The van der Waals surface area contributed by atoms with E-state index < -0.39 is 15.9 Å². The Morgan fingerprint density at radius 3 is 2.39 bits per heavy atom. The van der Waals surface area contributed by atoms with Crippen molar-refractivity contribution in [2.24, 2.45) is 0 Å². The van der Waals surface area contributed by atoms with Crippen molar-refractivity contribution < 1.29 is 22.4 Å². The third-order valence-corrected chi connectivity index (χ3v) is 10.3. The molecule has 0 saturated heterocycles. The Morgan fingerprint density at radius 2 is 1.68 bits per heavy atom. The van der Waals surface area contributed by atoms with Crippen molar-refractivity contribution >= 4 is 37.8 Å². The molecular weight excluding hydrogens is 644 g/mol. The number of fused-ring (bicyclic) bond motifs is 1. The molecule has 1 saturated carbocycles. The minimum Gasteiger partial charge on any atom is -0.472 e. The number of likely N-dealkylation sites (N-methyl/N-ethyl adjacent to an activating group) is 1. The Kier molecular flexibility index (Phi) is 8.26. The van der Waals surface area contributed by atoms with E-state index in [4.69, 9.17) is 4.42 Å². The van der Waals surface area contributed by atoms with E-state index >= 15 is 0 Å². The molecular formula is C33H33BrN4O5S. The average Bonchev–Trinajstić information content (AvgIpc) is 3.76. The van der Waals surface area contributed by atoms with Crippen LogP contribution < -0.4 is 10.0 Å². The van der Waals surface area contributed by atoms with Crippen LogP contribution in [0.5, 0.6) is 0 Å². The molecule has 4 aliphatic rings. The Hall–Kier alpha value is -4.09. The van der Waals surface area contributed by atoms with Gasteiger partial charge >= 0.3 is 0 Å². The van der Waals surface area contributed by atoms with Gasteiger partial charge in [-0.05, 0) is 83.1 Å². The van der Waals surface area contributed by atoms with Gasteiger partial charge in [0.1, 0.15) is 11.9 Å². The Balaban J connectivity index is 1.45. The van der Waals surface area contributed by atoms with Crippen molar-refractivity contribution in [2.45, 2.75) is 56.8 Å². The first-order valence-electron chi connectivity index (χ1n) is 14.7. The SMILES string of the molecule is CCNC(=O)C1=CN(C2CC2)C(CC)N1Cc1c2ccocc-2c(Br)c1-c1ccccc1C(=O)NS(=O)(=O)c1ccccc1. The van der Waals surface area contributed by atoms with Crippen LogP contribution in [0.2, 0.25) is 0 Å². The van der Waals surface area contributed by atoms with Crippen molar-refractivity contribution in [3.63, 3.8) is 0 Å². The van der Waals surface area contributed by atoms with Crippen molar-refractivity contribution in [1.82, 2.24) is 19.8 Å². The van der Waals surface area contributed by atoms with Gasteiger partial charge in [-0.25, -0.2) is 13.1 Å². The average molecular weight is 678 g/mol. The molecule has 2 heterocycles. The molecule has 1 atom stereocenters. The van der Waals surface area contributed by atoms with Crippen LogP contribution in [0.25, 0.3) is 22.3 Å². The summed E-state index contributed by atoms with van der Waals surface area (Å²) in [5, 5.41) is 2.97. The van der Waals surface area contributed by atoms with Crippen LogP contribution in [0, 0.1) is 0 Å². The lowest BCUT2D eigenvalue weighted by Crippen LogP contribution is -2.42. The zero-order valence-electron chi connectivity index (χ0n) is 24.4. The third kappa shape index (κ3) is 5.50. The van der Waals surface area contributed by atoms with Crippen LogP contribution in [0.4, 0.5) is 0 Å². The lowest BCUT2D eigenvalue weighted by molar-refractivity contribution is -0.119. The van der Waals surface area contributed by atoms with Crippen molar-refractivity contribution in [2.75, 3.05) is 6.54 Å². The fourth-order valence-electron chi connectivity index (χ4n) is 5.96. The maximum atomic E-state index is 13.6. The molecule has 0 radical (unpaired) electrons. The third-order valence-electron chi connectivity index (χ3n) is 8.11. The molecule has 6 rings (SSSR count). The van der Waals surface area contributed by atoms with Gasteiger partial charge in [-0.1, -0.05) is 43.3 Å². The standard InChI is InChI=1S/C33H33BrN4O5S/c1-3-29-37(21-14-15-21)19-28(33(40)35-4-2)38(29)18-26-23-16-17-43-20-27(23)31(34)30(26)24-12-8-9-13-25(24)32(39)36-44(41,42)22-10-6-5-7-11-22/h5-13,16-17,19-21,29H,3-4,14-15,18H2,1-2H3,(H,35,40)(H,36,39). The highest BCUT2D eigenvalue weighted by molar-refractivity contribution is 9.10. The lowest BCUT2D eigenvalue weighted by Gasteiger charge is -2.34. The quantitative estimate of drug-likeness (QED) is 0.214. The van der Waals surface area contributed by atoms with Gasteiger partial charge in [-0.2, -0.15) is 0 Å². The summed E-state index contributed by atoms with van der Waals surface area (Å²) < 4.78 is 34.6. The van der Waals surface area contributed by atoms with Gasteiger partial charge in [0.05, 0.1) is 17.4 Å². The van der Waals surface area contributed by atoms with Gasteiger partial charge in [0.25, 0.3) is 21.8 Å². The predicted octanol–water partition coefficient (Wildman–Crippen LogP) is 5.93. The number of halogens is 1. The van der Waals surface area contributed by atoms with E-state index in [0.29, 0.717) is 34.9 Å². The molecule has 2 aliphatic heterocycles. The van der Waals surface area contributed by atoms with Gasteiger partial charge in [0, 0.05) is 46.5 Å². The van der Waals surface area contributed by atoms with E-state index in [1.807, 2.05) is 31.3 Å². The molecule has 11 heteroatoms. The smallest absolute Gasteiger partial charge is 0.269 e. The summed E-state index contributed by atoms with van der Waals surface area (Å²) >= 11 is 3.78. The molecule has 9 nitrogen and oxygen atoms in total. The first kappa shape index (κ1) is 30.0. The minimum atomic E-state index is -4.10. The first-order valence-corrected chi connectivity index (χ1v) is 16.9. The first-order chi connectivity index (χ1) is 21.2. The molecule has 1 fully saturated rings. The van der Waals surface area contributed by atoms with Crippen LogP contribution in [0.1, 0.15) is 49.0 Å². The van der Waals surface area contributed by atoms with Crippen LogP contribution in [-0.2, 0) is 21.4 Å². The highest BCUT2D eigenvalue weighted by Gasteiger charge is 2.42. The molecule has 228 valence electrons. The lowest BCUT2D eigenvalue weighted by atomic mass is 9.97. The number of hydrogen-bond acceptors (Lipinski definition) is 7. The van der Waals surface area contributed by atoms with Crippen LogP contribution in [-0.4, -0.2) is 48.8 Å². The summed E-state index contributed by atoms with van der Waals surface area (Å²) in [5.74, 6) is -0.876. The molecule has 2 aliphatic carbocycles. The highest BCUT2D eigenvalue weighted by atomic mass is 79.9. The molecule has 2 N–H and O–H groups in total. The zero-order valence-corrected chi connectivity index (χ0v) is 26.8. The second-order valence-electron chi connectivity index (χ2n) is 10.9. The van der Waals surface area contributed by atoms with Gasteiger partial charge < -0.3 is 19.5 Å². The van der Waals surface area contributed by atoms with Gasteiger partial charge in [0.15, 0.2) is 0 Å². The minimum absolute atomic E-state index is 0.00195. The van der Waals surface area contributed by atoms with Crippen LogP contribution in [0.15, 0.2) is 98.9 Å². The molecule has 2 aromatic rings. The molecule has 0 bridgehead atoms. The van der Waals surface area contributed by atoms with Crippen LogP contribution in [0.3, 0.4) is 0 Å². The molecule has 1 unspecified atom stereocenters. The van der Waals surface area contributed by atoms with E-state index in [2.05, 4.69) is 42.7 Å². The van der Waals surface area contributed by atoms with E-state index in [0.717, 1.165) is 41.5 Å². The Bertz CT molecular complexity index is 1820. The van der Waals surface area contributed by atoms with Crippen LogP contribution >= 0.6 is 15.9 Å². The van der Waals surface area contributed by atoms with Crippen molar-refractivity contribution in [3.05, 3.63) is 101 Å². The summed E-state index contributed by atoms with van der Waals surface area (Å²) in [5.41, 5.74) is 4.69. The number of benzene rings is 2. The second kappa shape index (κ2) is 12.1.